The van der Waals surface area contributed by atoms with Crippen LogP contribution >= 0.6 is 0 Å². The molecular weight excluding hydrogens is 795 g/mol. The van der Waals surface area contributed by atoms with Crippen LogP contribution < -0.4 is 4.90 Å². The van der Waals surface area contributed by atoms with E-state index in [9.17, 15) is 0 Å². The number of anilines is 3. The van der Waals surface area contributed by atoms with Crippen LogP contribution in [0, 0.1) is 20.8 Å². The first-order valence-corrected chi connectivity index (χ1v) is 23.3. The molecule has 0 fully saturated rings. The fraction of sp³-hybridized carbons (Fsp3) is 0.108. The van der Waals surface area contributed by atoms with Crippen LogP contribution in [0.2, 0.25) is 0 Å². The number of nitrogens with zero attached hydrogens (tertiary/aromatic N) is 1. The molecule has 66 heavy (non-hydrogen) atoms. The molecule has 10 aromatic carbocycles. The van der Waals surface area contributed by atoms with Crippen LogP contribution in [0.25, 0.3) is 55.3 Å². The van der Waals surface area contributed by atoms with E-state index in [1.165, 1.54) is 111 Å². The summed E-state index contributed by atoms with van der Waals surface area (Å²) in [7, 11) is 0. The molecule has 0 saturated carbocycles. The van der Waals surface area contributed by atoms with Crippen LogP contribution in [0.1, 0.15) is 63.9 Å². The molecule has 316 valence electrons. The summed E-state index contributed by atoms with van der Waals surface area (Å²) in [6.07, 6.45) is 0. The molecule has 0 saturated heterocycles. The van der Waals surface area contributed by atoms with Crippen LogP contribution in [0.4, 0.5) is 17.1 Å². The Morgan fingerprint density at radius 3 is 1.53 bits per heavy atom. The maximum Gasteiger partial charge on any atom is 0.0714 e. The highest BCUT2D eigenvalue weighted by atomic mass is 15.1. The minimum atomic E-state index is -0.540. The minimum absolute atomic E-state index is 0.173. The van der Waals surface area contributed by atoms with Gasteiger partial charge in [-0.05, 0) is 163 Å². The van der Waals surface area contributed by atoms with Crippen molar-refractivity contribution in [3.05, 3.63) is 268 Å². The number of aryl methyl sites for hydroxylation is 3. The zero-order valence-corrected chi connectivity index (χ0v) is 38.2. The van der Waals surface area contributed by atoms with Crippen LogP contribution in [-0.4, -0.2) is 0 Å². The first-order valence-electron chi connectivity index (χ1n) is 23.3. The largest absolute Gasteiger partial charge is 0.310 e. The minimum Gasteiger partial charge on any atom is -0.310 e. The quantitative estimate of drug-likeness (QED) is 0.154. The fourth-order valence-corrected chi connectivity index (χ4v) is 11.9. The Labute approximate surface area is 389 Å². The van der Waals surface area contributed by atoms with Gasteiger partial charge in [-0.15, -0.1) is 0 Å². The Bertz CT molecular complexity index is 3480. The molecule has 0 heterocycles. The van der Waals surface area contributed by atoms with Crippen molar-refractivity contribution in [3.8, 4) is 44.5 Å². The van der Waals surface area contributed by atoms with E-state index in [0.29, 0.717) is 0 Å². The average Bonchev–Trinajstić information content (AvgIpc) is 3.77. The molecule has 0 atom stereocenters. The van der Waals surface area contributed by atoms with E-state index in [0.717, 1.165) is 11.4 Å². The Hall–Kier alpha value is -7.74. The van der Waals surface area contributed by atoms with Crippen molar-refractivity contribution >= 4 is 27.8 Å². The topological polar surface area (TPSA) is 3.24 Å². The molecule has 1 heteroatoms. The van der Waals surface area contributed by atoms with E-state index in [-0.39, 0.29) is 5.41 Å². The normalized spacial score (nSPS) is 13.8. The van der Waals surface area contributed by atoms with Gasteiger partial charge in [-0.1, -0.05) is 190 Å². The molecular formula is C65H51N. The summed E-state index contributed by atoms with van der Waals surface area (Å²) >= 11 is 0. The molecule has 0 aromatic heterocycles. The fourth-order valence-electron chi connectivity index (χ4n) is 11.9. The van der Waals surface area contributed by atoms with Gasteiger partial charge in [0.2, 0.25) is 0 Å². The lowest BCUT2D eigenvalue weighted by molar-refractivity contribution is 0.660. The van der Waals surface area contributed by atoms with E-state index >= 15 is 0 Å². The molecule has 0 radical (unpaired) electrons. The number of rotatable bonds is 7. The molecule has 0 aliphatic heterocycles. The highest BCUT2D eigenvalue weighted by Crippen LogP contribution is 2.58. The summed E-state index contributed by atoms with van der Waals surface area (Å²) in [5, 5.41) is 2.49. The van der Waals surface area contributed by atoms with Crippen molar-refractivity contribution in [3.63, 3.8) is 0 Å². The third-order valence-corrected chi connectivity index (χ3v) is 14.9. The Morgan fingerprint density at radius 1 is 0.333 bits per heavy atom. The van der Waals surface area contributed by atoms with E-state index in [1.54, 1.807) is 0 Å². The van der Waals surface area contributed by atoms with Crippen LogP contribution in [0.5, 0.6) is 0 Å². The second-order valence-electron chi connectivity index (χ2n) is 19.0. The van der Waals surface area contributed by atoms with Crippen LogP contribution in [-0.2, 0) is 10.8 Å². The van der Waals surface area contributed by atoms with E-state index in [2.05, 4.69) is 258 Å². The maximum atomic E-state index is 2.59. The predicted molar refractivity (Wildman–Crippen MR) is 279 cm³/mol. The first kappa shape index (κ1) is 39.8. The lowest BCUT2D eigenvalue weighted by atomic mass is 9.67. The van der Waals surface area contributed by atoms with E-state index in [1.807, 2.05) is 0 Å². The van der Waals surface area contributed by atoms with Gasteiger partial charge in [-0.25, -0.2) is 0 Å². The molecule has 0 spiro atoms. The van der Waals surface area contributed by atoms with Crippen molar-refractivity contribution in [2.45, 2.75) is 45.4 Å². The predicted octanol–water partition coefficient (Wildman–Crippen LogP) is 17.2. The van der Waals surface area contributed by atoms with Crippen molar-refractivity contribution in [1.82, 2.24) is 0 Å². The van der Waals surface area contributed by atoms with E-state index < -0.39 is 5.41 Å². The summed E-state index contributed by atoms with van der Waals surface area (Å²) in [6.45, 7) is 11.6. The summed E-state index contributed by atoms with van der Waals surface area (Å²) < 4.78 is 0. The van der Waals surface area contributed by atoms with Crippen molar-refractivity contribution in [2.24, 2.45) is 0 Å². The molecule has 0 unspecified atom stereocenters. The van der Waals surface area contributed by atoms with Crippen LogP contribution in [0.15, 0.2) is 218 Å². The molecule has 0 amide bonds. The molecule has 10 aromatic rings. The van der Waals surface area contributed by atoms with Gasteiger partial charge in [-0.3, -0.25) is 0 Å². The summed E-state index contributed by atoms with van der Waals surface area (Å²) in [5.74, 6) is 0. The van der Waals surface area contributed by atoms with Crippen molar-refractivity contribution in [2.75, 3.05) is 4.90 Å². The van der Waals surface area contributed by atoms with Gasteiger partial charge in [0, 0.05) is 22.4 Å². The monoisotopic (exact) mass is 845 g/mol. The molecule has 2 aliphatic carbocycles. The van der Waals surface area contributed by atoms with Crippen molar-refractivity contribution in [1.29, 1.82) is 0 Å². The lowest BCUT2D eigenvalue weighted by Crippen LogP contribution is -2.28. The standard InChI is InChI=1S/C65H51N/c1-42-19-18-20-43(2)62(42)57-39-48(47-32-31-45-21-12-13-22-46(45)38-47)37-44(3)63(57)66(51-33-35-55-53-27-14-16-29-58(53)64(4,5)60(55)40-51)52-34-36-56-54-28-15-17-30-59(54)65(61(56)41-52,49-23-8-6-9-24-49)50-25-10-7-11-26-50/h6-41H,1-5H3. The van der Waals surface area contributed by atoms with Gasteiger partial charge in [0.15, 0.2) is 0 Å². The van der Waals surface area contributed by atoms with Gasteiger partial charge < -0.3 is 4.90 Å². The van der Waals surface area contributed by atoms with Gasteiger partial charge in [0.1, 0.15) is 0 Å². The van der Waals surface area contributed by atoms with Gasteiger partial charge in [0.25, 0.3) is 0 Å². The van der Waals surface area contributed by atoms with Gasteiger partial charge >= 0.3 is 0 Å². The lowest BCUT2D eigenvalue weighted by Gasteiger charge is -2.36. The Balaban J connectivity index is 1.17. The SMILES string of the molecule is Cc1cccc(C)c1-c1cc(-c2ccc3ccccc3c2)cc(C)c1N(c1ccc2c(c1)C(C)(C)c1ccccc1-2)c1ccc2c(c1)C(c1ccccc1)(c1ccccc1)c1ccccc1-2. The van der Waals surface area contributed by atoms with Gasteiger partial charge in [-0.2, -0.15) is 0 Å². The van der Waals surface area contributed by atoms with Crippen LogP contribution in [0.3, 0.4) is 0 Å². The first-order chi connectivity index (χ1) is 32.2. The molecule has 1 nitrogen and oxygen atoms in total. The maximum absolute atomic E-state index is 2.59. The Kier molecular flexibility index (Phi) is 9.16. The second kappa shape index (κ2) is 15.2. The molecule has 0 bridgehead atoms. The number of fused-ring (bicyclic) bond motifs is 7. The number of benzene rings is 10. The Morgan fingerprint density at radius 2 is 0.864 bits per heavy atom. The van der Waals surface area contributed by atoms with Gasteiger partial charge in [0.05, 0.1) is 11.1 Å². The highest BCUT2D eigenvalue weighted by molar-refractivity contribution is 5.98. The molecule has 0 N–H and O–H groups in total. The third kappa shape index (κ3) is 5.93. The molecule has 2 aliphatic rings. The summed E-state index contributed by atoms with van der Waals surface area (Å²) in [4.78, 5) is 2.59. The third-order valence-electron chi connectivity index (χ3n) is 14.9. The zero-order chi connectivity index (χ0) is 44.7. The average molecular weight is 846 g/mol. The number of hydrogen-bond acceptors (Lipinski definition) is 1. The van der Waals surface area contributed by atoms with E-state index in [4.69, 9.17) is 0 Å². The summed E-state index contributed by atoms with van der Waals surface area (Å²) in [6, 6.07) is 82.0. The molecule has 12 rings (SSSR count). The van der Waals surface area contributed by atoms with Crippen molar-refractivity contribution < 1.29 is 0 Å². The second-order valence-corrected chi connectivity index (χ2v) is 19.0. The zero-order valence-electron chi connectivity index (χ0n) is 38.2. The highest BCUT2D eigenvalue weighted by Gasteiger charge is 2.46. The number of hydrogen-bond donors (Lipinski definition) is 0. The summed E-state index contributed by atoms with van der Waals surface area (Å²) in [5.41, 5.74) is 24.4. The smallest absolute Gasteiger partial charge is 0.0714 e.